The maximum Gasteiger partial charge on any atom is 0.266 e. The topological polar surface area (TPSA) is 84.3 Å². The summed E-state index contributed by atoms with van der Waals surface area (Å²) in [6, 6.07) is 18.6. The Labute approximate surface area is 198 Å². The molecular weight excluding hydrogens is 459 g/mol. The molecule has 1 N–H and O–H groups in total. The number of imide groups is 1. The first-order chi connectivity index (χ1) is 16.4. The summed E-state index contributed by atoms with van der Waals surface area (Å²) >= 11 is 6.07. The van der Waals surface area contributed by atoms with Crippen molar-refractivity contribution >= 4 is 40.8 Å². The van der Waals surface area contributed by atoms with Crippen LogP contribution >= 0.6 is 11.6 Å². The molecule has 9 heteroatoms. The molecule has 0 bridgehead atoms. The Morgan fingerprint density at radius 3 is 2.38 bits per heavy atom. The lowest BCUT2D eigenvalue weighted by Gasteiger charge is -2.14. The molecule has 0 aliphatic carbocycles. The van der Waals surface area contributed by atoms with Crippen molar-refractivity contribution in [2.24, 2.45) is 0 Å². The molecule has 0 unspecified atom stereocenters. The minimum Gasteiger partial charge on any atom is -0.305 e. The van der Waals surface area contributed by atoms with E-state index in [2.05, 4.69) is 10.4 Å². The summed E-state index contributed by atoms with van der Waals surface area (Å²) in [6.45, 7) is 0.296. The number of benzene rings is 3. The third-order valence-corrected chi connectivity index (χ3v) is 5.74. The maximum absolute atomic E-state index is 13.2. The van der Waals surface area contributed by atoms with Crippen LogP contribution in [0.2, 0.25) is 5.02 Å². The van der Waals surface area contributed by atoms with E-state index in [-0.39, 0.29) is 10.6 Å². The molecule has 0 saturated heterocycles. The third kappa shape index (κ3) is 3.95. The molecule has 4 aromatic rings. The fourth-order valence-electron chi connectivity index (χ4n) is 3.74. The average Bonchev–Trinajstić information content (AvgIpc) is 3.37. The quantitative estimate of drug-likeness (QED) is 0.422. The van der Waals surface area contributed by atoms with Crippen LogP contribution in [0.3, 0.4) is 0 Å². The normalized spacial score (nSPS) is 12.7. The minimum atomic E-state index is -0.455. The second-order valence-electron chi connectivity index (χ2n) is 7.63. The average molecular weight is 475 g/mol. The molecule has 1 aromatic heterocycles. The fraction of sp³-hybridized carbons (Fsp3) is 0.0400. The van der Waals surface area contributed by atoms with Gasteiger partial charge in [-0.2, -0.15) is 5.10 Å². The highest BCUT2D eigenvalue weighted by Crippen LogP contribution is 2.29. The van der Waals surface area contributed by atoms with Gasteiger partial charge in [0.05, 0.1) is 23.4 Å². The van der Waals surface area contributed by atoms with Crippen molar-refractivity contribution in [2.75, 3.05) is 10.2 Å². The van der Waals surface area contributed by atoms with Crippen molar-refractivity contribution in [1.29, 1.82) is 0 Å². The molecule has 0 radical (unpaired) electrons. The largest absolute Gasteiger partial charge is 0.305 e. The van der Waals surface area contributed by atoms with Crippen molar-refractivity contribution < 1.29 is 18.8 Å². The SMILES string of the molecule is O=C(Nc1ccn(Cc2ccc(F)cc2Cl)n1)c1cccc(N2C(=O)c3ccccc3C2=O)c1. The molecule has 3 amide bonds. The van der Waals surface area contributed by atoms with E-state index in [9.17, 15) is 18.8 Å². The number of carbonyl (C=O) groups is 3. The van der Waals surface area contributed by atoms with Gasteiger partial charge in [0.1, 0.15) is 5.82 Å². The highest BCUT2D eigenvalue weighted by molar-refractivity contribution is 6.34. The summed E-state index contributed by atoms with van der Waals surface area (Å²) in [5.41, 5.74) is 1.89. The molecule has 1 aliphatic rings. The van der Waals surface area contributed by atoms with Gasteiger partial charge >= 0.3 is 0 Å². The molecule has 3 aromatic carbocycles. The van der Waals surface area contributed by atoms with E-state index in [0.717, 1.165) is 4.90 Å². The zero-order chi connectivity index (χ0) is 23.8. The van der Waals surface area contributed by atoms with E-state index in [4.69, 9.17) is 11.6 Å². The standard InChI is InChI=1S/C25H16ClFN4O3/c26-21-13-17(27)9-8-16(21)14-30-11-10-22(29-30)28-23(32)15-4-3-5-18(12-15)31-24(33)19-6-1-2-7-20(19)25(31)34/h1-13H,14H2,(H,28,29,32). The van der Waals surface area contributed by atoms with Crippen LogP contribution in [-0.4, -0.2) is 27.5 Å². The zero-order valence-electron chi connectivity index (χ0n) is 17.5. The molecule has 0 spiro atoms. The molecule has 5 rings (SSSR count). The van der Waals surface area contributed by atoms with Gasteiger partial charge < -0.3 is 5.32 Å². The Hall–Kier alpha value is -4.30. The Morgan fingerprint density at radius 2 is 1.68 bits per heavy atom. The van der Waals surface area contributed by atoms with Crippen LogP contribution in [0.1, 0.15) is 36.6 Å². The lowest BCUT2D eigenvalue weighted by atomic mass is 10.1. The molecular formula is C25H16ClFN4O3. The van der Waals surface area contributed by atoms with Crippen molar-refractivity contribution in [1.82, 2.24) is 9.78 Å². The van der Waals surface area contributed by atoms with Crippen LogP contribution in [-0.2, 0) is 6.54 Å². The summed E-state index contributed by atoms with van der Waals surface area (Å²) in [5, 5.41) is 7.28. The van der Waals surface area contributed by atoms with Crippen molar-refractivity contribution in [3.63, 3.8) is 0 Å². The van der Waals surface area contributed by atoms with Crippen molar-refractivity contribution in [2.45, 2.75) is 6.54 Å². The van der Waals surface area contributed by atoms with Crippen molar-refractivity contribution in [3.8, 4) is 0 Å². The van der Waals surface area contributed by atoms with Gasteiger partial charge in [0.15, 0.2) is 5.82 Å². The molecule has 168 valence electrons. The van der Waals surface area contributed by atoms with Crippen LogP contribution in [0.5, 0.6) is 0 Å². The highest BCUT2D eigenvalue weighted by atomic mass is 35.5. The van der Waals surface area contributed by atoms with Gasteiger partial charge in [-0.3, -0.25) is 19.1 Å². The van der Waals surface area contributed by atoms with Gasteiger partial charge in [0, 0.05) is 22.8 Å². The second kappa shape index (κ2) is 8.57. The number of hydrogen-bond donors (Lipinski definition) is 1. The molecule has 1 aliphatic heterocycles. The summed E-state index contributed by atoms with van der Waals surface area (Å²) in [7, 11) is 0. The Bertz CT molecular complexity index is 1430. The second-order valence-corrected chi connectivity index (χ2v) is 8.04. The number of anilines is 2. The molecule has 34 heavy (non-hydrogen) atoms. The number of hydrogen-bond acceptors (Lipinski definition) is 4. The Balaban J connectivity index is 1.32. The summed E-state index contributed by atoms with van der Waals surface area (Å²) in [4.78, 5) is 39.3. The minimum absolute atomic E-state index is 0.255. The highest BCUT2D eigenvalue weighted by Gasteiger charge is 2.36. The molecule has 0 fully saturated rings. The van der Waals surface area contributed by atoms with E-state index >= 15 is 0 Å². The van der Waals surface area contributed by atoms with E-state index in [1.807, 2.05) is 0 Å². The molecule has 7 nitrogen and oxygen atoms in total. The Kier molecular flexibility index (Phi) is 5.43. The first-order valence-corrected chi connectivity index (χ1v) is 10.6. The summed E-state index contributed by atoms with van der Waals surface area (Å²) in [6.07, 6.45) is 1.66. The number of fused-ring (bicyclic) bond motifs is 1. The predicted molar refractivity (Wildman–Crippen MR) is 125 cm³/mol. The monoisotopic (exact) mass is 474 g/mol. The number of nitrogens with one attached hydrogen (secondary N) is 1. The molecule has 0 saturated carbocycles. The van der Waals surface area contributed by atoms with Crippen LogP contribution < -0.4 is 10.2 Å². The van der Waals surface area contributed by atoms with Gasteiger partial charge in [-0.15, -0.1) is 0 Å². The summed E-state index contributed by atoms with van der Waals surface area (Å²) < 4.78 is 14.8. The zero-order valence-corrected chi connectivity index (χ0v) is 18.3. The van der Waals surface area contributed by atoms with Crippen molar-refractivity contribution in [3.05, 3.63) is 112 Å². The number of rotatable bonds is 5. The maximum atomic E-state index is 13.2. The number of halogens is 2. The third-order valence-electron chi connectivity index (χ3n) is 5.39. The van der Waals surface area contributed by atoms with E-state index < -0.39 is 23.5 Å². The summed E-state index contributed by atoms with van der Waals surface area (Å²) in [5.74, 6) is -1.45. The van der Waals surface area contributed by atoms with Gasteiger partial charge in [-0.25, -0.2) is 9.29 Å². The first kappa shape index (κ1) is 21.5. The lowest BCUT2D eigenvalue weighted by Crippen LogP contribution is -2.29. The van der Waals surface area contributed by atoms with E-state index in [1.165, 1.54) is 18.2 Å². The van der Waals surface area contributed by atoms with Gasteiger partial charge in [-0.05, 0) is 48.0 Å². The van der Waals surface area contributed by atoms with Crippen LogP contribution in [0.15, 0.2) is 79.0 Å². The van der Waals surface area contributed by atoms with Crippen LogP contribution in [0, 0.1) is 5.82 Å². The van der Waals surface area contributed by atoms with Gasteiger partial charge in [0.2, 0.25) is 0 Å². The number of nitrogens with zero attached hydrogens (tertiary/aromatic N) is 3. The lowest BCUT2D eigenvalue weighted by molar-refractivity contribution is 0.0924. The Morgan fingerprint density at radius 1 is 0.941 bits per heavy atom. The number of aromatic nitrogens is 2. The first-order valence-electron chi connectivity index (χ1n) is 10.3. The van der Waals surface area contributed by atoms with E-state index in [0.29, 0.717) is 34.7 Å². The van der Waals surface area contributed by atoms with Crippen LogP contribution in [0.25, 0.3) is 0 Å². The smallest absolute Gasteiger partial charge is 0.266 e. The predicted octanol–water partition coefficient (Wildman–Crippen LogP) is 4.78. The molecule has 2 heterocycles. The number of carbonyl (C=O) groups excluding carboxylic acids is 3. The molecule has 0 atom stereocenters. The van der Waals surface area contributed by atoms with E-state index in [1.54, 1.807) is 65.5 Å². The van der Waals surface area contributed by atoms with Crippen LogP contribution in [0.4, 0.5) is 15.9 Å². The van der Waals surface area contributed by atoms with Gasteiger partial charge in [0.25, 0.3) is 17.7 Å². The van der Waals surface area contributed by atoms with Gasteiger partial charge in [-0.1, -0.05) is 35.9 Å². The fourth-order valence-corrected chi connectivity index (χ4v) is 3.97. The number of amides is 3.